The summed E-state index contributed by atoms with van der Waals surface area (Å²) in [6, 6.07) is 6.64. The summed E-state index contributed by atoms with van der Waals surface area (Å²) in [6.45, 7) is 5.88. The van der Waals surface area contributed by atoms with Gasteiger partial charge in [0.2, 0.25) is 0 Å². The SMILES string of the molecule is CC(C)(C)c1cccc(F)c1C#N. The van der Waals surface area contributed by atoms with Crippen LogP contribution in [0.3, 0.4) is 0 Å². The van der Waals surface area contributed by atoms with Crippen LogP contribution in [0.2, 0.25) is 0 Å². The van der Waals surface area contributed by atoms with Crippen LogP contribution in [0.5, 0.6) is 0 Å². The Labute approximate surface area is 77.8 Å². The van der Waals surface area contributed by atoms with Crippen LogP contribution in [-0.4, -0.2) is 0 Å². The van der Waals surface area contributed by atoms with E-state index in [9.17, 15) is 4.39 Å². The van der Waals surface area contributed by atoms with Crippen LogP contribution in [0.4, 0.5) is 4.39 Å². The van der Waals surface area contributed by atoms with Crippen LogP contribution in [0.1, 0.15) is 31.9 Å². The van der Waals surface area contributed by atoms with Crippen molar-refractivity contribution in [3.8, 4) is 6.07 Å². The maximum atomic E-state index is 13.2. The predicted octanol–water partition coefficient (Wildman–Crippen LogP) is 2.99. The number of benzene rings is 1. The first-order chi connectivity index (χ1) is 5.96. The molecule has 0 aliphatic carbocycles. The van der Waals surface area contributed by atoms with Crippen LogP contribution in [0.25, 0.3) is 0 Å². The van der Waals surface area contributed by atoms with Crippen molar-refractivity contribution in [1.82, 2.24) is 0 Å². The average Bonchev–Trinajstić information content (AvgIpc) is 2.02. The van der Waals surface area contributed by atoms with E-state index in [1.54, 1.807) is 12.1 Å². The van der Waals surface area contributed by atoms with Gasteiger partial charge in [0, 0.05) is 0 Å². The monoisotopic (exact) mass is 177 g/mol. The van der Waals surface area contributed by atoms with Crippen molar-refractivity contribution < 1.29 is 4.39 Å². The van der Waals surface area contributed by atoms with Crippen molar-refractivity contribution >= 4 is 0 Å². The minimum absolute atomic E-state index is 0.162. The highest BCUT2D eigenvalue weighted by molar-refractivity contribution is 5.42. The molecule has 2 heteroatoms. The summed E-state index contributed by atoms with van der Waals surface area (Å²) in [5.41, 5.74) is 0.734. The maximum absolute atomic E-state index is 13.2. The number of rotatable bonds is 0. The molecule has 0 spiro atoms. The van der Waals surface area contributed by atoms with Crippen LogP contribution >= 0.6 is 0 Å². The van der Waals surface area contributed by atoms with Gasteiger partial charge in [0.25, 0.3) is 0 Å². The van der Waals surface area contributed by atoms with Gasteiger partial charge in [-0.1, -0.05) is 32.9 Å². The first kappa shape index (κ1) is 9.73. The van der Waals surface area contributed by atoms with Crippen LogP contribution in [0.15, 0.2) is 18.2 Å². The molecule has 1 aromatic carbocycles. The minimum Gasteiger partial charge on any atom is -0.206 e. The minimum atomic E-state index is -0.435. The van der Waals surface area contributed by atoms with Gasteiger partial charge in [0.1, 0.15) is 11.9 Å². The Bertz CT molecular complexity index is 355. The first-order valence-electron chi connectivity index (χ1n) is 4.16. The molecule has 0 heterocycles. The first-order valence-corrected chi connectivity index (χ1v) is 4.16. The summed E-state index contributed by atoms with van der Waals surface area (Å²) in [7, 11) is 0. The van der Waals surface area contributed by atoms with Crippen LogP contribution in [-0.2, 0) is 5.41 Å². The fourth-order valence-corrected chi connectivity index (χ4v) is 1.26. The Kier molecular flexibility index (Phi) is 2.38. The summed E-state index contributed by atoms with van der Waals surface area (Å²) in [5.74, 6) is -0.435. The van der Waals surface area contributed by atoms with Gasteiger partial charge in [-0.05, 0) is 17.0 Å². The van der Waals surface area contributed by atoms with E-state index >= 15 is 0 Å². The molecule has 0 radical (unpaired) electrons. The molecule has 13 heavy (non-hydrogen) atoms. The molecule has 68 valence electrons. The lowest BCUT2D eigenvalue weighted by Crippen LogP contribution is -2.14. The predicted molar refractivity (Wildman–Crippen MR) is 49.8 cm³/mol. The fourth-order valence-electron chi connectivity index (χ4n) is 1.26. The smallest absolute Gasteiger partial charge is 0.141 e. The summed E-state index contributed by atoms with van der Waals surface area (Å²) in [4.78, 5) is 0. The van der Waals surface area contributed by atoms with E-state index in [4.69, 9.17) is 5.26 Å². The van der Waals surface area contributed by atoms with Crippen molar-refractivity contribution in [2.75, 3.05) is 0 Å². The molecular formula is C11H12FN. The third kappa shape index (κ3) is 1.86. The molecule has 0 unspecified atom stereocenters. The second-order valence-electron chi connectivity index (χ2n) is 4.02. The zero-order chi connectivity index (χ0) is 10.1. The number of halogens is 1. The third-order valence-corrected chi connectivity index (χ3v) is 1.93. The highest BCUT2D eigenvalue weighted by Crippen LogP contribution is 2.26. The van der Waals surface area contributed by atoms with Gasteiger partial charge < -0.3 is 0 Å². The summed E-state index contributed by atoms with van der Waals surface area (Å²) >= 11 is 0. The van der Waals surface area contributed by atoms with E-state index in [0.29, 0.717) is 0 Å². The maximum Gasteiger partial charge on any atom is 0.141 e. The van der Waals surface area contributed by atoms with Crippen molar-refractivity contribution in [3.05, 3.63) is 35.1 Å². The zero-order valence-electron chi connectivity index (χ0n) is 8.06. The van der Waals surface area contributed by atoms with Crippen LogP contribution < -0.4 is 0 Å². The largest absolute Gasteiger partial charge is 0.206 e. The molecule has 0 saturated carbocycles. The second kappa shape index (κ2) is 3.18. The fraction of sp³-hybridized carbons (Fsp3) is 0.364. The molecule has 0 fully saturated rings. The van der Waals surface area contributed by atoms with Gasteiger partial charge in [-0.3, -0.25) is 0 Å². The Balaban J connectivity index is 3.40. The third-order valence-electron chi connectivity index (χ3n) is 1.93. The van der Waals surface area contributed by atoms with E-state index in [2.05, 4.69) is 0 Å². The molecule has 0 saturated heterocycles. The van der Waals surface area contributed by atoms with Crippen molar-refractivity contribution in [3.63, 3.8) is 0 Å². The van der Waals surface area contributed by atoms with Crippen molar-refractivity contribution in [2.24, 2.45) is 0 Å². The van der Waals surface area contributed by atoms with E-state index in [1.807, 2.05) is 26.8 Å². The van der Waals surface area contributed by atoms with Gasteiger partial charge in [0.15, 0.2) is 0 Å². The van der Waals surface area contributed by atoms with Gasteiger partial charge in [-0.2, -0.15) is 5.26 Å². The standard InChI is InChI=1S/C11H12FN/c1-11(2,3)9-5-4-6-10(12)8(9)7-13/h4-6H,1-3H3. The van der Waals surface area contributed by atoms with Gasteiger partial charge >= 0.3 is 0 Å². The van der Waals surface area contributed by atoms with Gasteiger partial charge in [-0.15, -0.1) is 0 Å². The molecule has 0 atom stereocenters. The van der Waals surface area contributed by atoms with E-state index in [0.717, 1.165) is 5.56 Å². The van der Waals surface area contributed by atoms with E-state index in [-0.39, 0.29) is 11.0 Å². The molecule has 0 amide bonds. The van der Waals surface area contributed by atoms with Gasteiger partial charge in [0.05, 0.1) is 5.56 Å². The quantitative estimate of drug-likeness (QED) is 0.597. The normalized spacial score (nSPS) is 11.0. The Hall–Kier alpha value is -1.36. The number of nitriles is 1. The lowest BCUT2D eigenvalue weighted by molar-refractivity contribution is 0.568. The Morgan fingerprint density at radius 2 is 1.92 bits per heavy atom. The summed E-state index contributed by atoms with van der Waals surface area (Å²) in [6.07, 6.45) is 0. The number of hydrogen-bond acceptors (Lipinski definition) is 1. The molecule has 1 nitrogen and oxygen atoms in total. The highest BCUT2D eigenvalue weighted by atomic mass is 19.1. The van der Waals surface area contributed by atoms with E-state index in [1.165, 1.54) is 6.07 Å². The average molecular weight is 177 g/mol. The molecule has 0 N–H and O–H groups in total. The zero-order valence-corrected chi connectivity index (χ0v) is 8.06. The summed E-state index contributed by atoms with van der Waals surface area (Å²) < 4.78 is 13.2. The molecule has 0 aliphatic rings. The number of hydrogen-bond donors (Lipinski definition) is 0. The lowest BCUT2D eigenvalue weighted by Gasteiger charge is -2.20. The molecule has 0 bridgehead atoms. The molecule has 0 aromatic heterocycles. The second-order valence-corrected chi connectivity index (χ2v) is 4.02. The molecule has 0 aliphatic heterocycles. The Morgan fingerprint density at radius 1 is 1.31 bits per heavy atom. The van der Waals surface area contributed by atoms with Gasteiger partial charge in [-0.25, -0.2) is 4.39 Å². The van der Waals surface area contributed by atoms with E-state index < -0.39 is 5.82 Å². The molecule has 1 rings (SSSR count). The summed E-state index contributed by atoms with van der Waals surface area (Å²) in [5, 5.41) is 8.77. The highest BCUT2D eigenvalue weighted by Gasteiger charge is 2.19. The van der Waals surface area contributed by atoms with Crippen LogP contribution in [0, 0.1) is 17.1 Å². The topological polar surface area (TPSA) is 23.8 Å². The van der Waals surface area contributed by atoms with Crippen molar-refractivity contribution in [2.45, 2.75) is 26.2 Å². The Morgan fingerprint density at radius 3 is 2.31 bits per heavy atom. The lowest BCUT2D eigenvalue weighted by atomic mass is 9.84. The number of nitrogens with zero attached hydrogens (tertiary/aromatic N) is 1. The van der Waals surface area contributed by atoms with Crippen molar-refractivity contribution in [1.29, 1.82) is 5.26 Å². The molecular weight excluding hydrogens is 165 g/mol. The molecule has 1 aromatic rings.